The van der Waals surface area contributed by atoms with Crippen LogP contribution in [0.1, 0.15) is 26.3 Å². The molecule has 0 fully saturated rings. The fraction of sp³-hybridized carbons (Fsp3) is 0.353. The number of carbonyl (C=O) groups excluding carboxylic acids is 2. The number of benzene rings is 1. The maximum absolute atomic E-state index is 12.4. The van der Waals surface area contributed by atoms with Gasteiger partial charge in [-0.15, -0.1) is 0 Å². The molecule has 1 aromatic heterocycles. The van der Waals surface area contributed by atoms with Crippen LogP contribution in [0.2, 0.25) is 0 Å². The van der Waals surface area contributed by atoms with Gasteiger partial charge < -0.3 is 15.0 Å². The second-order valence-corrected chi connectivity index (χ2v) is 5.67. The van der Waals surface area contributed by atoms with Gasteiger partial charge in [0.1, 0.15) is 0 Å². The highest BCUT2D eigenvalue weighted by Crippen LogP contribution is 2.18. The van der Waals surface area contributed by atoms with Crippen LogP contribution in [-0.2, 0) is 11.3 Å². The standard InChI is InChI=1S/C17H22N4O3/c1-12-5-6-13(17(23)20(2)3)9-15(12)19-16(22)14-10-18-21(11-14)7-8-24-4/h5-6,9-11H,7-8H2,1-4H3,(H,19,22). The van der Waals surface area contributed by atoms with Crippen LogP contribution in [0.3, 0.4) is 0 Å². The van der Waals surface area contributed by atoms with Crippen LogP contribution in [0.4, 0.5) is 5.69 Å². The van der Waals surface area contributed by atoms with Gasteiger partial charge in [-0.2, -0.15) is 5.10 Å². The Morgan fingerprint density at radius 2 is 2.04 bits per heavy atom. The fourth-order valence-electron chi connectivity index (χ4n) is 2.13. The fourth-order valence-corrected chi connectivity index (χ4v) is 2.13. The van der Waals surface area contributed by atoms with E-state index in [1.54, 1.807) is 44.2 Å². The second kappa shape index (κ2) is 7.74. The molecular weight excluding hydrogens is 308 g/mol. The molecule has 0 spiro atoms. The van der Waals surface area contributed by atoms with Crippen LogP contribution >= 0.6 is 0 Å². The molecule has 0 radical (unpaired) electrons. The Morgan fingerprint density at radius 1 is 1.29 bits per heavy atom. The molecule has 7 heteroatoms. The number of aryl methyl sites for hydroxylation is 1. The van der Waals surface area contributed by atoms with Crippen LogP contribution in [-0.4, -0.2) is 54.3 Å². The van der Waals surface area contributed by atoms with E-state index in [1.165, 1.54) is 11.1 Å². The number of nitrogens with zero attached hydrogens (tertiary/aromatic N) is 3. The smallest absolute Gasteiger partial charge is 0.258 e. The average Bonchev–Trinajstić information content (AvgIpc) is 3.03. The molecule has 0 bridgehead atoms. The number of anilines is 1. The molecule has 2 rings (SSSR count). The van der Waals surface area contributed by atoms with Crippen LogP contribution in [0.5, 0.6) is 0 Å². The zero-order chi connectivity index (χ0) is 17.7. The maximum Gasteiger partial charge on any atom is 0.258 e. The lowest BCUT2D eigenvalue weighted by molar-refractivity contribution is 0.0827. The summed E-state index contributed by atoms with van der Waals surface area (Å²) in [6, 6.07) is 5.25. The molecule has 0 saturated carbocycles. The molecule has 0 aliphatic heterocycles. The number of hydrogen-bond donors (Lipinski definition) is 1. The first-order valence-electron chi connectivity index (χ1n) is 7.57. The molecule has 1 heterocycles. The van der Waals surface area contributed by atoms with Crippen LogP contribution in [0.25, 0.3) is 0 Å². The molecule has 1 aromatic carbocycles. The number of rotatable bonds is 6. The average molecular weight is 330 g/mol. The number of carbonyl (C=O) groups is 2. The Kier molecular flexibility index (Phi) is 5.70. The molecule has 0 aliphatic rings. The van der Waals surface area contributed by atoms with E-state index in [0.29, 0.717) is 30.0 Å². The minimum atomic E-state index is -0.267. The first kappa shape index (κ1) is 17.7. The summed E-state index contributed by atoms with van der Waals surface area (Å²) in [5, 5.41) is 6.96. The summed E-state index contributed by atoms with van der Waals surface area (Å²) in [5.41, 5.74) is 2.47. The van der Waals surface area contributed by atoms with E-state index in [-0.39, 0.29) is 11.8 Å². The van der Waals surface area contributed by atoms with Gasteiger partial charge in [0.25, 0.3) is 11.8 Å². The topological polar surface area (TPSA) is 76.5 Å². The Hall–Kier alpha value is -2.67. The molecule has 0 saturated heterocycles. The van der Waals surface area contributed by atoms with E-state index in [1.807, 2.05) is 13.0 Å². The van der Waals surface area contributed by atoms with Crippen molar-refractivity contribution < 1.29 is 14.3 Å². The van der Waals surface area contributed by atoms with Gasteiger partial charge in [-0.05, 0) is 24.6 Å². The Morgan fingerprint density at radius 3 is 2.71 bits per heavy atom. The lowest BCUT2D eigenvalue weighted by Crippen LogP contribution is -2.22. The molecule has 0 aliphatic carbocycles. The summed E-state index contributed by atoms with van der Waals surface area (Å²) < 4.78 is 6.63. The summed E-state index contributed by atoms with van der Waals surface area (Å²) in [5.74, 6) is -0.380. The number of hydrogen-bond acceptors (Lipinski definition) is 4. The highest BCUT2D eigenvalue weighted by Gasteiger charge is 2.13. The van der Waals surface area contributed by atoms with Gasteiger partial charge in [0, 0.05) is 38.7 Å². The zero-order valence-corrected chi connectivity index (χ0v) is 14.4. The summed E-state index contributed by atoms with van der Waals surface area (Å²) in [4.78, 5) is 25.9. The van der Waals surface area contributed by atoms with E-state index in [9.17, 15) is 9.59 Å². The van der Waals surface area contributed by atoms with Crippen LogP contribution in [0.15, 0.2) is 30.6 Å². The van der Waals surface area contributed by atoms with E-state index >= 15 is 0 Å². The quantitative estimate of drug-likeness (QED) is 0.876. The Labute approximate surface area is 141 Å². The Bertz CT molecular complexity index is 737. The zero-order valence-electron chi connectivity index (χ0n) is 14.4. The predicted molar refractivity (Wildman–Crippen MR) is 91.3 cm³/mol. The molecule has 0 unspecified atom stereocenters. The van der Waals surface area contributed by atoms with Crippen molar-refractivity contribution in [3.8, 4) is 0 Å². The number of methoxy groups -OCH3 is 1. The molecular formula is C17H22N4O3. The first-order valence-corrected chi connectivity index (χ1v) is 7.57. The highest BCUT2D eigenvalue weighted by atomic mass is 16.5. The minimum absolute atomic E-state index is 0.113. The second-order valence-electron chi connectivity index (χ2n) is 5.67. The lowest BCUT2D eigenvalue weighted by Gasteiger charge is -2.13. The van der Waals surface area contributed by atoms with Gasteiger partial charge in [0.2, 0.25) is 0 Å². The van der Waals surface area contributed by atoms with Crippen molar-refractivity contribution in [1.29, 1.82) is 0 Å². The van der Waals surface area contributed by atoms with Crippen molar-refractivity contribution in [2.75, 3.05) is 33.1 Å². The van der Waals surface area contributed by atoms with Crippen molar-refractivity contribution in [2.45, 2.75) is 13.5 Å². The number of ether oxygens (including phenoxy) is 1. The number of amides is 2. The molecule has 24 heavy (non-hydrogen) atoms. The lowest BCUT2D eigenvalue weighted by atomic mass is 10.1. The largest absolute Gasteiger partial charge is 0.383 e. The van der Waals surface area contributed by atoms with Gasteiger partial charge in [0.05, 0.1) is 24.9 Å². The van der Waals surface area contributed by atoms with Crippen molar-refractivity contribution >= 4 is 17.5 Å². The highest BCUT2D eigenvalue weighted by molar-refractivity contribution is 6.05. The first-order chi connectivity index (χ1) is 11.4. The minimum Gasteiger partial charge on any atom is -0.383 e. The van der Waals surface area contributed by atoms with Crippen LogP contribution < -0.4 is 5.32 Å². The van der Waals surface area contributed by atoms with E-state index in [2.05, 4.69) is 10.4 Å². The van der Waals surface area contributed by atoms with Gasteiger partial charge in [0.15, 0.2) is 0 Å². The van der Waals surface area contributed by atoms with Crippen molar-refractivity contribution in [3.63, 3.8) is 0 Å². The number of nitrogens with one attached hydrogen (secondary N) is 1. The summed E-state index contributed by atoms with van der Waals surface area (Å²) in [6.45, 7) is 2.98. The summed E-state index contributed by atoms with van der Waals surface area (Å²) >= 11 is 0. The van der Waals surface area contributed by atoms with E-state index in [4.69, 9.17) is 4.74 Å². The molecule has 7 nitrogen and oxygen atoms in total. The van der Waals surface area contributed by atoms with E-state index in [0.717, 1.165) is 5.56 Å². The third kappa shape index (κ3) is 4.20. The van der Waals surface area contributed by atoms with Gasteiger partial charge >= 0.3 is 0 Å². The molecule has 1 N–H and O–H groups in total. The third-order valence-corrected chi connectivity index (χ3v) is 3.56. The molecule has 2 aromatic rings. The van der Waals surface area contributed by atoms with Gasteiger partial charge in [-0.3, -0.25) is 14.3 Å². The van der Waals surface area contributed by atoms with Gasteiger partial charge in [-0.25, -0.2) is 0 Å². The monoisotopic (exact) mass is 330 g/mol. The van der Waals surface area contributed by atoms with Crippen molar-refractivity contribution in [2.24, 2.45) is 0 Å². The Balaban J connectivity index is 2.15. The molecule has 2 amide bonds. The summed E-state index contributed by atoms with van der Waals surface area (Å²) in [7, 11) is 4.99. The number of aromatic nitrogens is 2. The molecule has 128 valence electrons. The SMILES string of the molecule is COCCn1cc(C(=O)Nc2cc(C(=O)N(C)C)ccc2C)cn1. The van der Waals surface area contributed by atoms with E-state index < -0.39 is 0 Å². The predicted octanol–water partition coefficient (Wildman–Crippen LogP) is 1.79. The van der Waals surface area contributed by atoms with Crippen LogP contribution in [0, 0.1) is 6.92 Å². The third-order valence-electron chi connectivity index (χ3n) is 3.56. The van der Waals surface area contributed by atoms with Crippen molar-refractivity contribution in [1.82, 2.24) is 14.7 Å². The van der Waals surface area contributed by atoms with Gasteiger partial charge in [-0.1, -0.05) is 6.07 Å². The normalized spacial score (nSPS) is 10.5. The molecule has 0 atom stereocenters. The summed E-state index contributed by atoms with van der Waals surface area (Å²) in [6.07, 6.45) is 3.17. The maximum atomic E-state index is 12.4. The van der Waals surface area contributed by atoms with Crippen molar-refractivity contribution in [3.05, 3.63) is 47.3 Å².